The Morgan fingerprint density at radius 3 is 2.87 bits per heavy atom. The first-order valence-electron chi connectivity index (χ1n) is 6.16. The Balaban J connectivity index is 2.12. The summed E-state index contributed by atoms with van der Waals surface area (Å²) in [5, 5.41) is 28.8. The Morgan fingerprint density at radius 1 is 1.57 bits per heavy atom. The van der Waals surface area contributed by atoms with Gasteiger partial charge in [-0.15, -0.1) is 0 Å². The molecule has 0 saturated carbocycles. The molecule has 1 aromatic heterocycles. The highest BCUT2D eigenvalue weighted by atomic mass is 16.8. The van der Waals surface area contributed by atoms with Gasteiger partial charge in [0.25, 0.3) is 0 Å². The number of ether oxygens (including phenoxy) is 1. The molecule has 0 saturated heterocycles. The van der Waals surface area contributed by atoms with Gasteiger partial charge in [-0.05, 0) is 17.0 Å². The van der Waals surface area contributed by atoms with Gasteiger partial charge in [0.15, 0.2) is 5.75 Å². The maximum atomic E-state index is 11.7. The highest BCUT2D eigenvalue weighted by Gasteiger charge is 2.22. The Kier molecular flexibility index (Phi) is 4.50. The Morgan fingerprint density at radius 2 is 2.30 bits per heavy atom. The van der Waals surface area contributed by atoms with Gasteiger partial charge < -0.3 is 9.94 Å². The lowest BCUT2D eigenvalue weighted by atomic mass is 10.2. The van der Waals surface area contributed by atoms with Crippen molar-refractivity contribution in [3.8, 4) is 5.75 Å². The SMILES string of the molecule is COc1ccc(C=NNC(=O)c2no[n+]([O-])c2C)cc1[N+](=O)[O-]. The molecule has 11 nitrogen and oxygen atoms in total. The highest BCUT2D eigenvalue weighted by molar-refractivity contribution is 5.93. The van der Waals surface area contributed by atoms with E-state index in [0.29, 0.717) is 5.56 Å². The second-order valence-electron chi connectivity index (χ2n) is 4.25. The van der Waals surface area contributed by atoms with Gasteiger partial charge in [0, 0.05) is 18.6 Å². The third-order valence-electron chi connectivity index (χ3n) is 2.82. The summed E-state index contributed by atoms with van der Waals surface area (Å²) < 4.78 is 9.13. The summed E-state index contributed by atoms with van der Waals surface area (Å²) >= 11 is 0. The summed E-state index contributed by atoms with van der Waals surface area (Å²) in [6.07, 6.45) is 1.20. The molecule has 11 heteroatoms. The van der Waals surface area contributed by atoms with Crippen LogP contribution in [0.5, 0.6) is 5.75 Å². The standard InChI is InChI=1S/C12H11N5O6/c1-7-11(15-23-17(7)21)12(18)14-13-6-8-3-4-10(22-2)9(5-8)16(19)20/h3-6H,1-2H3,(H,14,18). The molecule has 0 aliphatic heterocycles. The van der Waals surface area contributed by atoms with E-state index in [-0.39, 0.29) is 27.7 Å². The second kappa shape index (κ2) is 6.51. The van der Waals surface area contributed by atoms with Crippen molar-refractivity contribution in [1.82, 2.24) is 10.6 Å². The number of hydrogen-bond acceptors (Lipinski definition) is 8. The van der Waals surface area contributed by atoms with E-state index in [9.17, 15) is 20.1 Å². The average molecular weight is 321 g/mol. The van der Waals surface area contributed by atoms with Gasteiger partial charge in [-0.3, -0.25) is 19.5 Å². The van der Waals surface area contributed by atoms with Crippen molar-refractivity contribution in [1.29, 1.82) is 0 Å². The molecule has 0 fully saturated rings. The first-order chi connectivity index (χ1) is 10.9. The van der Waals surface area contributed by atoms with Gasteiger partial charge in [-0.25, -0.2) is 5.43 Å². The van der Waals surface area contributed by atoms with Crippen LogP contribution < -0.4 is 15.1 Å². The molecule has 0 atom stereocenters. The van der Waals surface area contributed by atoms with E-state index >= 15 is 0 Å². The number of carbonyl (C=O) groups excluding carboxylic acids is 1. The number of methoxy groups -OCH3 is 1. The van der Waals surface area contributed by atoms with Gasteiger partial charge in [-0.1, -0.05) is 0 Å². The fraction of sp³-hybridized carbons (Fsp3) is 0.167. The Labute approximate surface area is 128 Å². The zero-order valence-corrected chi connectivity index (χ0v) is 12.0. The maximum Gasteiger partial charge on any atom is 0.322 e. The van der Waals surface area contributed by atoms with E-state index in [1.807, 2.05) is 0 Å². The molecule has 23 heavy (non-hydrogen) atoms. The van der Waals surface area contributed by atoms with Crippen molar-refractivity contribution < 1.29 is 24.0 Å². The molecule has 0 bridgehead atoms. The van der Waals surface area contributed by atoms with Crippen LogP contribution in [0.1, 0.15) is 21.7 Å². The molecule has 2 aromatic rings. The predicted octanol–water partition coefficient (Wildman–Crippen LogP) is 0.297. The van der Waals surface area contributed by atoms with Crippen LogP contribution in [0.2, 0.25) is 0 Å². The summed E-state index contributed by atoms with van der Waals surface area (Å²) in [7, 11) is 1.32. The molecule has 1 N–H and O–H groups in total. The van der Waals surface area contributed by atoms with Crippen LogP contribution in [0.25, 0.3) is 0 Å². The number of carbonyl (C=O) groups is 1. The minimum Gasteiger partial charge on any atom is -0.490 e. The number of nitrogens with zero attached hydrogens (tertiary/aromatic N) is 4. The lowest BCUT2D eigenvalue weighted by molar-refractivity contribution is -0.806. The number of amides is 1. The number of nitrogens with one attached hydrogen (secondary N) is 1. The molecular formula is C12H11N5O6. The van der Waals surface area contributed by atoms with Crippen molar-refractivity contribution in [2.75, 3.05) is 7.11 Å². The molecule has 0 aliphatic rings. The van der Waals surface area contributed by atoms with Crippen LogP contribution in [-0.4, -0.2) is 29.3 Å². The fourth-order valence-corrected chi connectivity index (χ4v) is 1.65. The fourth-order valence-electron chi connectivity index (χ4n) is 1.65. The summed E-state index contributed by atoms with van der Waals surface area (Å²) in [6, 6.07) is 4.17. The monoisotopic (exact) mass is 321 g/mol. The first kappa shape index (κ1) is 15.9. The van der Waals surface area contributed by atoms with Crippen LogP contribution in [0.15, 0.2) is 27.9 Å². The van der Waals surface area contributed by atoms with Crippen LogP contribution in [0, 0.1) is 22.2 Å². The summed E-state index contributed by atoms with van der Waals surface area (Å²) in [4.78, 5) is 22.1. The largest absolute Gasteiger partial charge is 0.490 e. The quantitative estimate of drug-likeness (QED) is 0.360. The summed E-state index contributed by atoms with van der Waals surface area (Å²) in [5.41, 5.74) is 2.04. The minimum absolute atomic E-state index is 0.0159. The molecule has 0 aliphatic carbocycles. The smallest absolute Gasteiger partial charge is 0.322 e. The molecule has 1 amide bonds. The van der Waals surface area contributed by atoms with Crippen molar-refractivity contribution >= 4 is 17.8 Å². The third kappa shape index (κ3) is 3.40. The third-order valence-corrected chi connectivity index (χ3v) is 2.82. The van der Waals surface area contributed by atoms with E-state index in [2.05, 4.69) is 20.3 Å². The number of benzene rings is 1. The van der Waals surface area contributed by atoms with E-state index in [0.717, 1.165) is 0 Å². The zero-order valence-electron chi connectivity index (χ0n) is 12.0. The van der Waals surface area contributed by atoms with Crippen molar-refractivity contribution in [2.45, 2.75) is 6.92 Å². The number of nitro benzene ring substituents is 1. The van der Waals surface area contributed by atoms with E-state index in [1.165, 1.54) is 38.4 Å². The van der Waals surface area contributed by atoms with Crippen molar-refractivity contribution in [3.63, 3.8) is 0 Å². The van der Waals surface area contributed by atoms with Gasteiger partial charge in [0.2, 0.25) is 5.69 Å². The Bertz CT molecular complexity index is 784. The normalized spacial score (nSPS) is 10.7. The van der Waals surface area contributed by atoms with Gasteiger partial charge in [-0.2, -0.15) is 5.10 Å². The maximum absolute atomic E-state index is 11.7. The van der Waals surface area contributed by atoms with E-state index in [4.69, 9.17) is 4.74 Å². The molecule has 0 radical (unpaired) electrons. The molecule has 1 heterocycles. The summed E-state index contributed by atoms with van der Waals surface area (Å²) in [6.45, 7) is 1.36. The Hall–Kier alpha value is -3.50. The number of rotatable bonds is 5. The topological polar surface area (TPSA) is 147 Å². The van der Waals surface area contributed by atoms with E-state index < -0.39 is 10.8 Å². The van der Waals surface area contributed by atoms with Crippen LogP contribution in [-0.2, 0) is 0 Å². The minimum atomic E-state index is -0.750. The van der Waals surface area contributed by atoms with Gasteiger partial charge in [0.1, 0.15) is 0 Å². The number of hydrazone groups is 1. The van der Waals surface area contributed by atoms with Crippen LogP contribution in [0.4, 0.5) is 5.69 Å². The predicted molar refractivity (Wildman–Crippen MR) is 74.9 cm³/mol. The number of nitro groups is 1. The molecular weight excluding hydrogens is 310 g/mol. The van der Waals surface area contributed by atoms with Gasteiger partial charge in [0.05, 0.1) is 23.4 Å². The van der Waals surface area contributed by atoms with E-state index in [1.54, 1.807) is 0 Å². The average Bonchev–Trinajstić information content (AvgIpc) is 2.86. The molecule has 0 spiro atoms. The van der Waals surface area contributed by atoms with Crippen molar-refractivity contribution in [3.05, 3.63) is 50.5 Å². The molecule has 120 valence electrons. The lowest BCUT2D eigenvalue weighted by Crippen LogP contribution is -2.28. The molecule has 0 unspecified atom stereocenters. The number of aromatic nitrogens is 2. The number of hydrogen-bond donors (Lipinski definition) is 1. The second-order valence-corrected chi connectivity index (χ2v) is 4.25. The van der Waals surface area contributed by atoms with Crippen LogP contribution >= 0.6 is 0 Å². The zero-order chi connectivity index (χ0) is 17.0. The first-order valence-corrected chi connectivity index (χ1v) is 6.16. The molecule has 1 aromatic carbocycles. The van der Waals surface area contributed by atoms with Crippen molar-refractivity contribution in [2.24, 2.45) is 5.10 Å². The van der Waals surface area contributed by atoms with Crippen LogP contribution in [0.3, 0.4) is 0 Å². The highest BCUT2D eigenvalue weighted by Crippen LogP contribution is 2.26. The summed E-state index contributed by atoms with van der Waals surface area (Å²) in [5.74, 6) is -0.644. The lowest BCUT2D eigenvalue weighted by Gasteiger charge is -2.01. The van der Waals surface area contributed by atoms with Gasteiger partial charge >= 0.3 is 17.3 Å². The molecule has 2 rings (SSSR count).